The van der Waals surface area contributed by atoms with Gasteiger partial charge in [-0.1, -0.05) is 40.3 Å². The summed E-state index contributed by atoms with van der Waals surface area (Å²) >= 11 is 11.7. The number of anilines is 1. The summed E-state index contributed by atoms with van der Waals surface area (Å²) in [6.07, 6.45) is -0.00699. The monoisotopic (exact) mass is 398 g/mol. The van der Waals surface area contributed by atoms with Gasteiger partial charge >= 0.3 is 6.18 Å². The maximum Gasteiger partial charge on any atom is 0.435 e. The van der Waals surface area contributed by atoms with E-state index < -0.39 is 18.2 Å². The van der Waals surface area contributed by atoms with Crippen LogP contribution in [0.25, 0.3) is 0 Å². The van der Waals surface area contributed by atoms with Crippen molar-refractivity contribution in [1.82, 2.24) is 0 Å². The smallest absolute Gasteiger partial charge is 0.398 e. The van der Waals surface area contributed by atoms with Gasteiger partial charge in [0.2, 0.25) is 0 Å². The molecule has 0 saturated carbocycles. The number of benzene rings is 2. The second-order valence-corrected chi connectivity index (χ2v) is 6.61. The van der Waals surface area contributed by atoms with Gasteiger partial charge in [0.1, 0.15) is 0 Å². The molecule has 1 heterocycles. The number of nitrogen functional groups attached to an aromatic ring is 1. The fraction of sp³-hybridized carbons (Fsp3) is 0.167. The van der Waals surface area contributed by atoms with E-state index in [0.29, 0.717) is 11.1 Å². The molecule has 0 radical (unpaired) electrons. The lowest BCUT2D eigenvalue weighted by Crippen LogP contribution is -2.42. The van der Waals surface area contributed by atoms with Crippen LogP contribution in [0.1, 0.15) is 23.1 Å². The zero-order chi connectivity index (χ0) is 19.1. The van der Waals surface area contributed by atoms with Crippen molar-refractivity contribution in [1.29, 1.82) is 0 Å². The van der Waals surface area contributed by atoms with Crippen molar-refractivity contribution in [2.75, 3.05) is 5.73 Å². The summed E-state index contributed by atoms with van der Waals surface area (Å²) in [5.41, 5.74) is 4.09. The first-order valence-electron chi connectivity index (χ1n) is 7.31. The van der Waals surface area contributed by atoms with Gasteiger partial charge in [-0.05, 0) is 30.3 Å². The summed E-state index contributed by atoms with van der Waals surface area (Å²) in [5, 5.41) is 3.79. The molecule has 8 heteroatoms. The van der Waals surface area contributed by atoms with E-state index in [0.717, 1.165) is 12.1 Å². The van der Waals surface area contributed by atoms with Crippen LogP contribution in [0.3, 0.4) is 0 Å². The van der Waals surface area contributed by atoms with Crippen LogP contribution in [-0.2, 0) is 10.4 Å². The van der Waals surface area contributed by atoms with Gasteiger partial charge in [0.05, 0.1) is 5.71 Å². The van der Waals surface area contributed by atoms with Crippen molar-refractivity contribution in [2.24, 2.45) is 5.16 Å². The first-order chi connectivity index (χ1) is 12.2. The Bertz CT molecular complexity index is 930. The van der Waals surface area contributed by atoms with Gasteiger partial charge in [0.25, 0.3) is 5.60 Å². The van der Waals surface area contributed by atoms with E-state index in [1.54, 1.807) is 6.07 Å². The largest absolute Gasteiger partial charge is 0.435 e. The van der Waals surface area contributed by atoms with Crippen LogP contribution in [0.15, 0.2) is 41.6 Å². The Kier molecular flexibility index (Phi) is 4.55. The highest BCUT2D eigenvalue weighted by molar-refractivity contribution is 6.34. The Labute approximate surface area is 157 Å². The van der Waals surface area contributed by atoms with E-state index in [1.807, 2.05) is 0 Å². The molecule has 1 aliphatic rings. The summed E-state index contributed by atoms with van der Waals surface area (Å²) in [6, 6.07) is 8.22. The molecule has 0 spiro atoms. The lowest BCUT2D eigenvalue weighted by Gasteiger charge is -2.29. The third kappa shape index (κ3) is 3.09. The average Bonchev–Trinajstić information content (AvgIpc) is 3.00. The van der Waals surface area contributed by atoms with Gasteiger partial charge in [-0.2, -0.15) is 13.2 Å². The second-order valence-electron chi connectivity index (χ2n) is 5.74. The number of nitrogens with two attached hydrogens (primary N) is 1. The summed E-state index contributed by atoms with van der Waals surface area (Å²) in [6.45, 7) is 0. The number of terminal acetylenes is 1. The van der Waals surface area contributed by atoms with Crippen molar-refractivity contribution in [3.05, 3.63) is 63.1 Å². The Morgan fingerprint density at radius 2 is 1.81 bits per heavy atom. The lowest BCUT2D eigenvalue weighted by atomic mass is 9.86. The van der Waals surface area contributed by atoms with E-state index in [9.17, 15) is 13.2 Å². The molecule has 3 rings (SSSR count). The highest BCUT2D eigenvalue weighted by Gasteiger charge is 2.62. The minimum absolute atomic E-state index is 0.0655. The zero-order valence-electron chi connectivity index (χ0n) is 13.1. The molecule has 0 aliphatic carbocycles. The minimum Gasteiger partial charge on any atom is -0.398 e. The molecule has 0 fully saturated rings. The van der Waals surface area contributed by atoms with Crippen molar-refractivity contribution in [3.63, 3.8) is 0 Å². The molecule has 134 valence electrons. The third-order valence-corrected chi connectivity index (χ3v) is 4.49. The van der Waals surface area contributed by atoms with Crippen molar-refractivity contribution >= 4 is 34.6 Å². The van der Waals surface area contributed by atoms with Gasteiger partial charge in [-0.15, -0.1) is 6.42 Å². The molecule has 2 aromatic rings. The minimum atomic E-state index is -4.75. The predicted octanol–water partition coefficient (Wildman–Crippen LogP) is 5.14. The number of nitrogens with zero attached hydrogens (tertiary/aromatic N) is 1. The highest BCUT2D eigenvalue weighted by atomic mass is 35.5. The summed E-state index contributed by atoms with van der Waals surface area (Å²) in [4.78, 5) is 4.93. The van der Waals surface area contributed by atoms with Gasteiger partial charge in [0.15, 0.2) is 0 Å². The Morgan fingerprint density at radius 3 is 2.35 bits per heavy atom. The number of rotatable bonds is 2. The standard InChI is InChI=1S/C18H11Cl2F3N2O/c1-2-10-3-4-11(5-15(10)24)16-9-17(26-25-16,18(21,22)23)12-6-13(19)8-14(20)7-12/h1,3-8H,9,24H2. The van der Waals surface area contributed by atoms with E-state index in [4.69, 9.17) is 40.2 Å². The third-order valence-electron chi connectivity index (χ3n) is 4.06. The zero-order valence-corrected chi connectivity index (χ0v) is 14.6. The molecule has 0 aromatic heterocycles. The number of hydrogen-bond donors (Lipinski definition) is 1. The first kappa shape index (κ1) is 18.4. The first-order valence-corrected chi connectivity index (χ1v) is 8.07. The van der Waals surface area contributed by atoms with Crippen LogP contribution in [0.4, 0.5) is 18.9 Å². The Morgan fingerprint density at radius 1 is 1.15 bits per heavy atom. The van der Waals surface area contributed by atoms with Crippen LogP contribution in [0, 0.1) is 12.3 Å². The number of hydrogen-bond acceptors (Lipinski definition) is 3. The molecule has 2 aromatic carbocycles. The number of alkyl halides is 3. The maximum absolute atomic E-state index is 13.9. The topological polar surface area (TPSA) is 47.6 Å². The molecule has 1 unspecified atom stereocenters. The maximum atomic E-state index is 13.9. The van der Waals surface area contributed by atoms with Crippen LogP contribution in [0.5, 0.6) is 0 Å². The van der Waals surface area contributed by atoms with Gasteiger partial charge in [-0.3, -0.25) is 0 Å². The quantitative estimate of drug-likeness (QED) is 0.562. The Balaban J connectivity index is 2.04. The van der Waals surface area contributed by atoms with Crippen LogP contribution in [0.2, 0.25) is 10.0 Å². The van der Waals surface area contributed by atoms with E-state index in [1.165, 1.54) is 18.2 Å². The van der Waals surface area contributed by atoms with Gasteiger partial charge in [0, 0.05) is 38.8 Å². The molecule has 26 heavy (non-hydrogen) atoms. The molecule has 0 amide bonds. The fourth-order valence-electron chi connectivity index (χ4n) is 2.72. The molecular formula is C18H11Cl2F3N2O. The molecule has 0 saturated heterocycles. The highest BCUT2D eigenvalue weighted by Crippen LogP contribution is 2.49. The molecule has 2 N–H and O–H groups in total. The van der Waals surface area contributed by atoms with E-state index >= 15 is 0 Å². The molecule has 0 bridgehead atoms. The van der Waals surface area contributed by atoms with Crippen molar-refractivity contribution in [2.45, 2.75) is 18.2 Å². The normalized spacial score (nSPS) is 19.6. The average molecular weight is 399 g/mol. The van der Waals surface area contributed by atoms with Crippen LogP contribution >= 0.6 is 23.2 Å². The van der Waals surface area contributed by atoms with Crippen molar-refractivity contribution < 1.29 is 18.0 Å². The fourth-order valence-corrected chi connectivity index (χ4v) is 3.25. The predicted molar refractivity (Wildman–Crippen MR) is 95.2 cm³/mol. The number of oxime groups is 1. The summed E-state index contributed by atoms with van der Waals surface area (Å²) < 4.78 is 41.7. The molecule has 3 nitrogen and oxygen atoms in total. The van der Waals surface area contributed by atoms with Crippen LogP contribution in [-0.4, -0.2) is 11.9 Å². The second kappa shape index (κ2) is 6.42. The molecular weight excluding hydrogens is 388 g/mol. The summed E-state index contributed by atoms with van der Waals surface area (Å²) in [5.74, 6) is 2.39. The van der Waals surface area contributed by atoms with E-state index in [-0.39, 0.29) is 27.0 Å². The van der Waals surface area contributed by atoms with Crippen molar-refractivity contribution in [3.8, 4) is 12.3 Å². The molecule has 1 atom stereocenters. The van der Waals surface area contributed by atoms with Gasteiger partial charge in [-0.25, -0.2) is 0 Å². The summed E-state index contributed by atoms with van der Waals surface area (Å²) in [7, 11) is 0. The Hall–Kier alpha value is -2.36. The van der Waals surface area contributed by atoms with E-state index in [2.05, 4.69) is 11.1 Å². The molecule has 1 aliphatic heterocycles. The van der Waals surface area contributed by atoms with Crippen LogP contribution < -0.4 is 5.73 Å². The SMILES string of the molecule is C#Cc1ccc(C2=NOC(c3cc(Cl)cc(Cl)c3)(C(F)(F)F)C2)cc1N. The van der Waals surface area contributed by atoms with Gasteiger partial charge < -0.3 is 10.6 Å². The number of halogens is 5. The lowest BCUT2D eigenvalue weighted by molar-refractivity contribution is -0.275.